The summed E-state index contributed by atoms with van der Waals surface area (Å²) in [6.07, 6.45) is 2.20. The molecule has 0 saturated carbocycles. The molecule has 2 aromatic heterocycles. The molecule has 0 saturated heterocycles. The molecular formula is C15H17N5O7S2. The van der Waals surface area contributed by atoms with Gasteiger partial charge in [0.1, 0.15) is 0 Å². The van der Waals surface area contributed by atoms with Crippen LogP contribution in [0.15, 0.2) is 47.0 Å². The highest BCUT2D eigenvalue weighted by atomic mass is 32.3. The van der Waals surface area contributed by atoms with Crippen molar-refractivity contribution in [3.63, 3.8) is 0 Å². The van der Waals surface area contributed by atoms with Crippen molar-refractivity contribution in [3.05, 3.63) is 41.9 Å². The number of methoxy groups -OCH3 is 2. The first-order chi connectivity index (χ1) is 13.7. The van der Waals surface area contributed by atoms with E-state index >= 15 is 0 Å². The van der Waals surface area contributed by atoms with Gasteiger partial charge < -0.3 is 9.47 Å². The van der Waals surface area contributed by atoms with Crippen molar-refractivity contribution in [1.82, 2.24) is 18.7 Å². The second kappa shape index (κ2) is 8.83. The summed E-state index contributed by atoms with van der Waals surface area (Å²) in [6, 6.07) is 3.55. The first-order valence-electron chi connectivity index (χ1n) is 7.78. The number of anilines is 1. The maximum absolute atomic E-state index is 12.8. The Bertz CT molecular complexity index is 1100. The van der Waals surface area contributed by atoms with Crippen molar-refractivity contribution in [2.45, 2.75) is 11.9 Å². The van der Waals surface area contributed by atoms with Gasteiger partial charge in [-0.2, -0.15) is 18.4 Å². The number of carbonyl (C=O) groups excluding carboxylic acids is 1. The lowest BCUT2D eigenvalue weighted by Crippen LogP contribution is -2.43. The second-order valence-electron chi connectivity index (χ2n) is 5.09. The molecule has 2 rings (SSSR count). The number of ether oxygens (including phenoxy) is 2. The van der Waals surface area contributed by atoms with Gasteiger partial charge >= 0.3 is 6.03 Å². The van der Waals surface area contributed by atoms with Gasteiger partial charge in [-0.05, 0) is 19.1 Å². The summed E-state index contributed by atoms with van der Waals surface area (Å²) in [4.78, 5) is 23.9. The number of sulfonamides is 2. The molecule has 0 aliphatic heterocycles. The van der Waals surface area contributed by atoms with E-state index in [1.54, 1.807) is 0 Å². The van der Waals surface area contributed by atoms with Crippen LogP contribution in [0, 0.1) is 0 Å². The summed E-state index contributed by atoms with van der Waals surface area (Å²) in [6.45, 7) is 1.34. The minimum atomic E-state index is -4.88. The van der Waals surface area contributed by atoms with Crippen molar-refractivity contribution in [1.29, 1.82) is 0 Å². The van der Waals surface area contributed by atoms with Gasteiger partial charge in [-0.15, -0.1) is 3.71 Å². The van der Waals surface area contributed by atoms with Crippen molar-refractivity contribution in [3.8, 4) is 11.8 Å². The van der Waals surface area contributed by atoms with Crippen LogP contribution in [-0.4, -0.2) is 55.7 Å². The average molecular weight is 443 g/mol. The van der Waals surface area contributed by atoms with E-state index in [0.717, 1.165) is 18.3 Å². The number of amides is 2. The third-order valence-corrected chi connectivity index (χ3v) is 6.97. The molecule has 0 aromatic carbocycles. The van der Waals surface area contributed by atoms with E-state index in [-0.39, 0.29) is 15.5 Å². The zero-order valence-electron chi connectivity index (χ0n) is 15.5. The standard InChI is InChI=1S/C15H17N5O7S2/c1-4-9-28(22,23)20(29(24,25)13-7-5-6-8-16-13)15(21)19-14-17-11(26-2)10-12(18-14)27-3/h4-10H,1-3H3,(H,17,18,19,21). The van der Waals surface area contributed by atoms with Gasteiger partial charge in [0.15, 0.2) is 5.03 Å². The molecule has 0 fully saturated rings. The fourth-order valence-electron chi connectivity index (χ4n) is 1.98. The van der Waals surface area contributed by atoms with Gasteiger partial charge in [0.2, 0.25) is 17.7 Å². The third kappa shape index (κ3) is 4.97. The number of nitrogens with one attached hydrogen (secondary N) is 1. The monoisotopic (exact) mass is 443 g/mol. The largest absolute Gasteiger partial charge is 0.481 e. The Morgan fingerprint density at radius 2 is 1.72 bits per heavy atom. The Kier molecular flexibility index (Phi) is 6.71. The van der Waals surface area contributed by atoms with Gasteiger partial charge in [0.05, 0.1) is 20.3 Å². The number of urea groups is 1. The lowest BCUT2D eigenvalue weighted by molar-refractivity contribution is 0.247. The minimum Gasteiger partial charge on any atom is -0.481 e. The Balaban J connectivity index is 2.55. The summed E-state index contributed by atoms with van der Waals surface area (Å²) in [5.74, 6) is -0.465. The number of aromatic nitrogens is 3. The maximum atomic E-state index is 12.8. The summed E-state index contributed by atoms with van der Waals surface area (Å²) in [5.41, 5.74) is 0. The first-order valence-corrected chi connectivity index (χ1v) is 10.7. The van der Waals surface area contributed by atoms with E-state index in [9.17, 15) is 21.6 Å². The molecule has 2 aromatic rings. The molecule has 0 atom stereocenters. The number of nitrogens with zero attached hydrogens (tertiary/aromatic N) is 4. The van der Waals surface area contributed by atoms with Crippen molar-refractivity contribution < 1.29 is 31.1 Å². The number of rotatable bonds is 7. The summed E-state index contributed by atoms with van der Waals surface area (Å²) < 4.78 is 60.2. The lowest BCUT2D eigenvalue weighted by Gasteiger charge is -2.20. The smallest absolute Gasteiger partial charge is 0.352 e. The number of carbonyl (C=O) groups is 1. The molecule has 0 aliphatic rings. The van der Waals surface area contributed by atoms with Crippen LogP contribution in [0.2, 0.25) is 0 Å². The zero-order chi connectivity index (χ0) is 21.7. The topological polar surface area (TPSA) is 158 Å². The molecule has 156 valence electrons. The molecule has 0 radical (unpaired) electrons. The van der Waals surface area contributed by atoms with Crippen molar-refractivity contribution in [2.24, 2.45) is 0 Å². The molecule has 0 bridgehead atoms. The summed E-state index contributed by atoms with van der Waals surface area (Å²) in [7, 11) is -7.03. The van der Waals surface area contributed by atoms with Crippen LogP contribution >= 0.6 is 0 Å². The molecule has 0 aliphatic carbocycles. The second-order valence-corrected chi connectivity index (χ2v) is 8.72. The minimum absolute atomic E-state index is 0.0115. The Morgan fingerprint density at radius 3 is 2.21 bits per heavy atom. The molecular weight excluding hydrogens is 426 g/mol. The highest BCUT2D eigenvalue weighted by molar-refractivity contribution is 8.06. The molecule has 2 heterocycles. The molecule has 14 heteroatoms. The van der Waals surface area contributed by atoms with Gasteiger partial charge in [0, 0.05) is 11.6 Å². The summed E-state index contributed by atoms with van der Waals surface area (Å²) >= 11 is 0. The molecule has 12 nitrogen and oxygen atoms in total. The van der Waals surface area contributed by atoms with Crippen LogP contribution in [0.5, 0.6) is 11.8 Å². The Morgan fingerprint density at radius 1 is 1.10 bits per heavy atom. The predicted octanol–water partition coefficient (Wildman–Crippen LogP) is 0.975. The number of pyridine rings is 1. The molecule has 1 N–H and O–H groups in total. The van der Waals surface area contributed by atoms with Crippen LogP contribution in [-0.2, 0) is 20.0 Å². The van der Waals surface area contributed by atoms with Gasteiger partial charge in [-0.25, -0.2) is 18.2 Å². The van der Waals surface area contributed by atoms with E-state index in [1.807, 2.05) is 5.32 Å². The van der Waals surface area contributed by atoms with E-state index in [0.29, 0.717) is 5.41 Å². The van der Waals surface area contributed by atoms with Crippen molar-refractivity contribution >= 4 is 32.0 Å². The molecule has 2 amide bonds. The Hall–Kier alpha value is -3.26. The van der Waals surface area contributed by atoms with Crippen LogP contribution in [0.1, 0.15) is 6.92 Å². The molecule has 29 heavy (non-hydrogen) atoms. The van der Waals surface area contributed by atoms with E-state index in [4.69, 9.17) is 9.47 Å². The predicted molar refractivity (Wildman–Crippen MR) is 101 cm³/mol. The van der Waals surface area contributed by atoms with Crippen LogP contribution < -0.4 is 14.8 Å². The van der Waals surface area contributed by atoms with Gasteiger partial charge in [-0.3, -0.25) is 5.32 Å². The quantitative estimate of drug-likeness (QED) is 0.653. The van der Waals surface area contributed by atoms with Crippen LogP contribution in [0.3, 0.4) is 0 Å². The molecule has 0 unspecified atom stereocenters. The fraction of sp³-hybridized carbons (Fsp3) is 0.200. The van der Waals surface area contributed by atoms with E-state index in [1.165, 1.54) is 39.3 Å². The SMILES string of the molecule is CC=CS(=O)(=O)N(C(=O)Nc1nc(OC)cc(OC)n1)S(=O)(=O)c1ccccn1. The fourth-order valence-corrected chi connectivity index (χ4v) is 5.07. The highest BCUT2D eigenvalue weighted by Crippen LogP contribution is 2.22. The third-order valence-electron chi connectivity index (χ3n) is 3.14. The number of hydrogen-bond acceptors (Lipinski definition) is 10. The van der Waals surface area contributed by atoms with Crippen LogP contribution in [0.4, 0.5) is 10.7 Å². The first kappa shape index (κ1) is 22.0. The van der Waals surface area contributed by atoms with Gasteiger partial charge in [0.25, 0.3) is 20.0 Å². The summed E-state index contributed by atoms with van der Waals surface area (Å²) in [5, 5.41) is 1.93. The maximum Gasteiger partial charge on any atom is 0.352 e. The normalized spacial score (nSPS) is 11.8. The van der Waals surface area contributed by atoms with Crippen molar-refractivity contribution in [2.75, 3.05) is 19.5 Å². The van der Waals surface area contributed by atoms with Crippen LogP contribution in [0.25, 0.3) is 0 Å². The zero-order valence-corrected chi connectivity index (χ0v) is 17.1. The lowest BCUT2D eigenvalue weighted by atomic mass is 10.5. The van der Waals surface area contributed by atoms with E-state index < -0.39 is 37.1 Å². The Labute approximate surface area is 167 Å². The molecule has 0 spiro atoms. The van der Waals surface area contributed by atoms with E-state index in [2.05, 4.69) is 15.0 Å². The highest BCUT2D eigenvalue weighted by Gasteiger charge is 2.40. The number of allylic oxidation sites excluding steroid dienone is 1. The number of hydrogen-bond donors (Lipinski definition) is 1. The van der Waals surface area contributed by atoms with Gasteiger partial charge in [-0.1, -0.05) is 12.1 Å². The average Bonchev–Trinajstić information content (AvgIpc) is 2.67.